The number of carbonyl (C=O) groups excluding carboxylic acids is 2. The van der Waals surface area contributed by atoms with E-state index in [4.69, 9.17) is 5.11 Å². The Morgan fingerprint density at radius 3 is 2.43 bits per heavy atom. The lowest BCUT2D eigenvalue weighted by molar-refractivity contribution is -0.141. The molecule has 118 valence electrons. The number of amides is 3. The molecule has 0 aromatic carbocycles. The molecule has 21 heavy (non-hydrogen) atoms. The number of urea groups is 1. The Balaban J connectivity index is 1.87. The molecule has 2 fully saturated rings. The van der Waals surface area contributed by atoms with Crippen molar-refractivity contribution in [3.8, 4) is 0 Å². The first kappa shape index (κ1) is 15.6. The smallest absolute Gasteiger partial charge is 0.317 e. The minimum Gasteiger partial charge on any atom is -0.481 e. The van der Waals surface area contributed by atoms with Gasteiger partial charge in [-0.05, 0) is 27.2 Å². The molecule has 2 unspecified atom stereocenters. The summed E-state index contributed by atoms with van der Waals surface area (Å²) in [6.07, 6.45) is 0.791. The Hall–Kier alpha value is -1.79. The summed E-state index contributed by atoms with van der Waals surface area (Å²) in [5, 5.41) is 11.8. The molecule has 0 aromatic heterocycles. The van der Waals surface area contributed by atoms with Crippen molar-refractivity contribution in [2.45, 2.75) is 45.2 Å². The van der Waals surface area contributed by atoms with Crippen molar-refractivity contribution in [2.24, 2.45) is 5.92 Å². The minimum atomic E-state index is -0.861. The molecule has 2 aliphatic rings. The van der Waals surface area contributed by atoms with E-state index >= 15 is 0 Å². The van der Waals surface area contributed by atoms with Gasteiger partial charge in [-0.3, -0.25) is 9.59 Å². The molecule has 0 spiro atoms. The van der Waals surface area contributed by atoms with E-state index in [1.165, 1.54) is 4.90 Å². The van der Waals surface area contributed by atoms with Crippen LogP contribution in [0.1, 0.15) is 33.6 Å². The molecular formula is C14H23N3O4. The third-order valence-electron chi connectivity index (χ3n) is 4.09. The first-order chi connectivity index (χ1) is 9.68. The average Bonchev–Trinajstić information content (AvgIpc) is 2.94. The molecular weight excluding hydrogens is 274 g/mol. The van der Waals surface area contributed by atoms with Crippen molar-refractivity contribution < 1.29 is 19.5 Å². The quantitative estimate of drug-likeness (QED) is 0.776. The number of nitrogens with zero attached hydrogens (tertiary/aromatic N) is 2. The van der Waals surface area contributed by atoms with E-state index in [9.17, 15) is 14.4 Å². The fourth-order valence-electron chi connectivity index (χ4n) is 2.86. The first-order valence-electron chi connectivity index (χ1n) is 7.27. The van der Waals surface area contributed by atoms with Gasteiger partial charge in [0.05, 0.1) is 12.0 Å². The van der Waals surface area contributed by atoms with Crippen LogP contribution in [0.3, 0.4) is 0 Å². The highest BCUT2D eigenvalue weighted by molar-refractivity contribution is 5.82. The Kier molecular flexibility index (Phi) is 4.11. The molecule has 2 atom stereocenters. The van der Waals surface area contributed by atoms with E-state index < -0.39 is 11.9 Å². The van der Waals surface area contributed by atoms with Crippen LogP contribution in [-0.2, 0) is 9.59 Å². The number of carbonyl (C=O) groups is 3. The molecule has 0 aliphatic carbocycles. The van der Waals surface area contributed by atoms with E-state index in [1.54, 1.807) is 4.90 Å². The highest BCUT2D eigenvalue weighted by Gasteiger charge is 2.38. The second kappa shape index (κ2) is 5.54. The van der Waals surface area contributed by atoms with Gasteiger partial charge in [0.15, 0.2) is 0 Å². The molecule has 7 nitrogen and oxygen atoms in total. The fraction of sp³-hybridized carbons (Fsp3) is 0.786. The zero-order chi connectivity index (χ0) is 15.8. The van der Waals surface area contributed by atoms with Gasteiger partial charge in [-0.25, -0.2) is 4.79 Å². The number of hydrogen-bond acceptors (Lipinski definition) is 3. The normalized spacial score (nSPS) is 26.3. The van der Waals surface area contributed by atoms with E-state index in [0.717, 1.165) is 0 Å². The van der Waals surface area contributed by atoms with Crippen LogP contribution >= 0.6 is 0 Å². The Bertz CT molecular complexity index is 458. The zero-order valence-corrected chi connectivity index (χ0v) is 12.8. The number of carboxylic acid groups (broad SMARTS) is 1. The van der Waals surface area contributed by atoms with Crippen molar-refractivity contribution in [1.29, 1.82) is 0 Å². The third-order valence-corrected chi connectivity index (χ3v) is 4.09. The standard InChI is InChI=1S/C14H23N3O4/c1-14(2,3)17-8-10(6-11(17)18)15-13(21)16-5-4-9(7-16)12(19)20/h9-10H,4-8H2,1-3H3,(H,15,21)(H,19,20). The van der Waals surface area contributed by atoms with Crippen LogP contribution in [0.25, 0.3) is 0 Å². The summed E-state index contributed by atoms with van der Waals surface area (Å²) >= 11 is 0. The average molecular weight is 297 g/mol. The summed E-state index contributed by atoms with van der Waals surface area (Å²) in [5.74, 6) is -1.30. The van der Waals surface area contributed by atoms with E-state index in [-0.39, 0.29) is 30.1 Å². The van der Waals surface area contributed by atoms with Crippen molar-refractivity contribution >= 4 is 17.9 Å². The highest BCUT2D eigenvalue weighted by atomic mass is 16.4. The molecule has 0 radical (unpaired) electrons. The van der Waals surface area contributed by atoms with Gasteiger partial charge in [0.2, 0.25) is 5.91 Å². The van der Waals surface area contributed by atoms with Crippen LogP contribution in [-0.4, -0.2) is 64.0 Å². The summed E-state index contributed by atoms with van der Waals surface area (Å²) in [6, 6.07) is -0.472. The number of carboxylic acids is 1. The minimum absolute atomic E-state index is 0.0395. The van der Waals surface area contributed by atoms with Gasteiger partial charge in [-0.1, -0.05) is 0 Å². The van der Waals surface area contributed by atoms with Crippen molar-refractivity contribution in [3.63, 3.8) is 0 Å². The van der Waals surface area contributed by atoms with Crippen LogP contribution in [0, 0.1) is 5.92 Å². The van der Waals surface area contributed by atoms with Crippen LogP contribution in [0.2, 0.25) is 0 Å². The second-order valence-corrected chi connectivity index (χ2v) is 6.80. The summed E-state index contributed by atoms with van der Waals surface area (Å²) in [5.41, 5.74) is -0.251. The van der Waals surface area contributed by atoms with Gasteiger partial charge in [0, 0.05) is 31.6 Å². The summed E-state index contributed by atoms with van der Waals surface area (Å²) in [4.78, 5) is 38.3. The Labute approximate surface area is 124 Å². The molecule has 0 saturated carbocycles. The van der Waals surface area contributed by atoms with E-state index in [0.29, 0.717) is 25.9 Å². The number of likely N-dealkylation sites (tertiary alicyclic amines) is 2. The van der Waals surface area contributed by atoms with Gasteiger partial charge in [0.25, 0.3) is 0 Å². The van der Waals surface area contributed by atoms with Crippen LogP contribution in [0.15, 0.2) is 0 Å². The van der Waals surface area contributed by atoms with Gasteiger partial charge < -0.3 is 20.2 Å². The molecule has 0 aromatic rings. The lowest BCUT2D eigenvalue weighted by Crippen LogP contribution is -2.47. The maximum absolute atomic E-state index is 12.1. The van der Waals surface area contributed by atoms with Crippen molar-refractivity contribution in [3.05, 3.63) is 0 Å². The van der Waals surface area contributed by atoms with Gasteiger partial charge in [-0.2, -0.15) is 0 Å². The molecule has 0 bridgehead atoms. The maximum atomic E-state index is 12.1. The predicted molar refractivity (Wildman–Crippen MR) is 75.7 cm³/mol. The van der Waals surface area contributed by atoms with Crippen LogP contribution < -0.4 is 5.32 Å². The van der Waals surface area contributed by atoms with Gasteiger partial charge in [-0.15, -0.1) is 0 Å². The molecule has 7 heteroatoms. The lowest BCUT2D eigenvalue weighted by Gasteiger charge is -2.32. The third kappa shape index (κ3) is 3.46. The lowest BCUT2D eigenvalue weighted by atomic mass is 10.1. The summed E-state index contributed by atoms with van der Waals surface area (Å²) < 4.78 is 0. The number of rotatable bonds is 2. The zero-order valence-electron chi connectivity index (χ0n) is 12.8. The van der Waals surface area contributed by atoms with E-state index in [1.807, 2.05) is 20.8 Å². The molecule has 3 amide bonds. The first-order valence-corrected chi connectivity index (χ1v) is 7.27. The van der Waals surface area contributed by atoms with Gasteiger partial charge >= 0.3 is 12.0 Å². The predicted octanol–water partition coefficient (Wildman–Crippen LogP) is 0.502. The fourth-order valence-corrected chi connectivity index (χ4v) is 2.86. The summed E-state index contributed by atoms with van der Waals surface area (Å²) in [7, 11) is 0. The maximum Gasteiger partial charge on any atom is 0.317 e. The molecule has 2 rings (SSSR count). The number of aliphatic carboxylic acids is 1. The van der Waals surface area contributed by atoms with Crippen molar-refractivity contribution in [2.75, 3.05) is 19.6 Å². The molecule has 2 N–H and O–H groups in total. The topological polar surface area (TPSA) is 90.0 Å². The number of hydrogen-bond donors (Lipinski definition) is 2. The van der Waals surface area contributed by atoms with E-state index in [2.05, 4.69) is 5.32 Å². The summed E-state index contributed by atoms with van der Waals surface area (Å²) in [6.45, 7) is 7.09. The van der Waals surface area contributed by atoms with Crippen LogP contribution in [0.5, 0.6) is 0 Å². The Morgan fingerprint density at radius 1 is 1.29 bits per heavy atom. The molecule has 2 heterocycles. The van der Waals surface area contributed by atoms with Gasteiger partial charge in [0.1, 0.15) is 0 Å². The number of nitrogens with one attached hydrogen (secondary N) is 1. The Morgan fingerprint density at radius 2 is 1.95 bits per heavy atom. The SMILES string of the molecule is CC(C)(C)N1CC(NC(=O)N2CCC(C(=O)O)C2)CC1=O. The molecule has 2 aliphatic heterocycles. The monoisotopic (exact) mass is 297 g/mol. The highest BCUT2D eigenvalue weighted by Crippen LogP contribution is 2.22. The van der Waals surface area contributed by atoms with Crippen LogP contribution in [0.4, 0.5) is 4.79 Å². The molecule has 2 saturated heterocycles. The van der Waals surface area contributed by atoms with Crippen molar-refractivity contribution in [1.82, 2.24) is 15.1 Å². The largest absolute Gasteiger partial charge is 0.481 e. The second-order valence-electron chi connectivity index (χ2n) is 6.80.